The summed E-state index contributed by atoms with van der Waals surface area (Å²) in [5.74, 6) is 0. The summed E-state index contributed by atoms with van der Waals surface area (Å²) in [4.78, 5) is 5.01. The molecule has 0 atom stereocenters. The van der Waals surface area contributed by atoms with Gasteiger partial charge in [0.15, 0.2) is 0 Å². The van der Waals surface area contributed by atoms with E-state index in [0.29, 0.717) is 0 Å². The predicted molar refractivity (Wildman–Crippen MR) is 37.0 cm³/mol. The first-order valence-corrected chi connectivity index (χ1v) is 2.97. The van der Waals surface area contributed by atoms with Crippen LogP contribution in [0.2, 0.25) is 0 Å². The van der Waals surface area contributed by atoms with Crippen molar-refractivity contribution in [1.29, 1.82) is 0 Å². The molecule has 0 bridgehead atoms. The molecule has 1 rings (SSSR count). The summed E-state index contributed by atoms with van der Waals surface area (Å²) >= 11 is 0. The van der Waals surface area contributed by atoms with Crippen molar-refractivity contribution in [2.45, 2.75) is 6.54 Å². The first kappa shape index (κ1) is 6.36. The van der Waals surface area contributed by atoms with Crippen LogP contribution in [0.4, 0.5) is 0 Å². The van der Waals surface area contributed by atoms with Gasteiger partial charge >= 0.3 is 0 Å². The molecule has 1 N–H and O–H groups in total. The molecule has 0 amide bonds. The van der Waals surface area contributed by atoms with Crippen LogP contribution in [0.25, 0.3) is 0 Å². The molecule has 0 spiro atoms. The van der Waals surface area contributed by atoms with Crippen molar-refractivity contribution in [2.24, 2.45) is 0 Å². The number of hydrogen-bond acceptors (Lipinski definition) is 1. The third-order valence-electron chi connectivity index (χ3n) is 1.10. The highest BCUT2D eigenvalue weighted by atomic mass is 15.0. The molecule has 0 saturated heterocycles. The van der Waals surface area contributed by atoms with Crippen LogP contribution < -0.4 is 0 Å². The largest absolute Gasteiger partial charge is 0.360 e. The van der Waals surface area contributed by atoms with Gasteiger partial charge in [0.25, 0.3) is 0 Å². The molecule has 2 heteroatoms. The maximum Gasteiger partial charge on any atom is 0.0622 e. The lowest BCUT2D eigenvalue weighted by Crippen LogP contribution is -2.09. The molecule has 49 valence electrons. The third-order valence-corrected chi connectivity index (χ3v) is 1.10. The maximum absolute atomic E-state index is 2.88. The fourth-order valence-corrected chi connectivity index (χ4v) is 0.767. The fourth-order valence-electron chi connectivity index (χ4n) is 0.767. The van der Waals surface area contributed by atoms with Gasteiger partial charge in [-0.1, -0.05) is 0 Å². The Morgan fingerprint density at radius 2 is 2.44 bits per heavy atom. The van der Waals surface area contributed by atoms with Crippen molar-refractivity contribution in [3.63, 3.8) is 0 Å². The summed E-state index contributed by atoms with van der Waals surface area (Å²) in [6.07, 6.45) is 4.84. The first-order chi connectivity index (χ1) is 4.29. The quantitative estimate of drug-likeness (QED) is 0.618. The molecular formula is C7H11N2. The molecule has 0 unspecified atom stereocenters. The van der Waals surface area contributed by atoms with Gasteiger partial charge in [-0.25, -0.2) is 0 Å². The highest BCUT2D eigenvalue weighted by molar-refractivity contribution is 5.06. The van der Waals surface area contributed by atoms with Crippen LogP contribution >= 0.6 is 0 Å². The van der Waals surface area contributed by atoms with Crippen molar-refractivity contribution < 1.29 is 0 Å². The number of aromatic nitrogens is 1. The maximum atomic E-state index is 2.88. The van der Waals surface area contributed by atoms with E-state index in [1.807, 2.05) is 26.4 Å². The van der Waals surface area contributed by atoms with Gasteiger partial charge in [0.2, 0.25) is 0 Å². The normalized spacial score (nSPS) is 10.6. The van der Waals surface area contributed by atoms with E-state index in [4.69, 9.17) is 0 Å². The van der Waals surface area contributed by atoms with E-state index in [2.05, 4.69) is 16.1 Å². The van der Waals surface area contributed by atoms with Gasteiger partial charge in [-0.2, -0.15) is 0 Å². The van der Waals surface area contributed by atoms with Crippen LogP contribution in [0.3, 0.4) is 0 Å². The average molecular weight is 123 g/mol. The van der Waals surface area contributed by atoms with Crippen molar-refractivity contribution >= 4 is 0 Å². The van der Waals surface area contributed by atoms with Crippen molar-refractivity contribution in [3.8, 4) is 0 Å². The van der Waals surface area contributed by atoms with Crippen LogP contribution in [-0.2, 0) is 6.54 Å². The Balaban J connectivity index is 2.48. The Morgan fingerprint density at radius 1 is 1.67 bits per heavy atom. The zero-order valence-electron chi connectivity index (χ0n) is 5.81. The van der Waals surface area contributed by atoms with Crippen molar-refractivity contribution in [1.82, 2.24) is 9.88 Å². The average Bonchev–Trinajstić information content (AvgIpc) is 2.15. The van der Waals surface area contributed by atoms with E-state index in [-0.39, 0.29) is 0 Å². The van der Waals surface area contributed by atoms with E-state index in [1.165, 1.54) is 5.56 Å². The molecule has 1 heterocycles. The summed E-state index contributed by atoms with van der Waals surface area (Å²) in [5.41, 5.74) is 1.28. The predicted octanol–water partition coefficient (Wildman–Crippen LogP) is 0.876. The third kappa shape index (κ3) is 1.90. The van der Waals surface area contributed by atoms with E-state index in [9.17, 15) is 0 Å². The fraction of sp³-hybridized carbons (Fsp3) is 0.429. The van der Waals surface area contributed by atoms with Gasteiger partial charge in [0.05, 0.1) is 6.20 Å². The van der Waals surface area contributed by atoms with E-state index >= 15 is 0 Å². The van der Waals surface area contributed by atoms with Gasteiger partial charge in [-0.05, 0) is 25.7 Å². The number of nitrogens with zero attached hydrogens (tertiary/aromatic N) is 1. The Bertz CT molecular complexity index is 153. The molecule has 1 aromatic heterocycles. The standard InChI is InChI=1S/C7H11N2/c1-9(2)6-7-3-4-8-5-7/h3,5,8H,6H2,1-2H3. The Morgan fingerprint density at radius 3 is 2.89 bits per heavy atom. The van der Waals surface area contributed by atoms with Crippen LogP contribution in [0.5, 0.6) is 0 Å². The van der Waals surface area contributed by atoms with Gasteiger partial charge < -0.3 is 9.88 Å². The molecule has 0 aliphatic heterocycles. The Labute approximate surface area is 55.5 Å². The minimum absolute atomic E-state index is 0.986. The molecule has 9 heavy (non-hydrogen) atoms. The second-order valence-electron chi connectivity index (χ2n) is 2.39. The minimum Gasteiger partial charge on any atom is -0.360 e. The lowest BCUT2D eigenvalue weighted by atomic mass is 10.3. The monoisotopic (exact) mass is 123 g/mol. The van der Waals surface area contributed by atoms with Crippen LogP contribution in [0.15, 0.2) is 12.3 Å². The molecule has 0 aromatic carbocycles. The van der Waals surface area contributed by atoms with Crippen LogP contribution in [0.1, 0.15) is 5.56 Å². The van der Waals surface area contributed by atoms with Crippen LogP contribution in [0, 0.1) is 6.20 Å². The molecule has 0 aliphatic carbocycles. The molecule has 0 fully saturated rings. The van der Waals surface area contributed by atoms with E-state index in [0.717, 1.165) is 6.54 Å². The molecule has 0 saturated carbocycles. The summed E-state index contributed by atoms with van der Waals surface area (Å²) < 4.78 is 0. The SMILES string of the molecule is CN(C)Cc1c[c][nH]c1. The summed E-state index contributed by atoms with van der Waals surface area (Å²) in [6.45, 7) is 0.986. The molecule has 0 aliphatic rings. The summed E-state index contributed by atoms with van der Waals surface area (Å²) in [5, 5.41) is 0. The van der Waals surface area contributed by atoms with Crippen molar-refractivity contribution in [3.05, 3.63) is 24.0 Å². The van der Waals surface area contributed by atoms with Crippen LogP contribution in [-0.4, -0.2) is 24.0 Å². The number of hydrogen-bond donors (Lipinski definition) is 1. The lowest BCUT2D eigenvalue weighted by molar-refractivity contribution is 0.403. The molecular weight excluding hydrogens is 112 g/mol. The van der Waals surface area contributed by atoms with E-state index in [1.54, 1.807) is 0 Å². The van der Waals surface area contributed by atoms with E-state index < -0.39 is 0 Å². The summed E-state index contributed by atoms with van der Waals surface area (Å²) in [7, 11) is 4.10. The van der Waals surface area contributed by atoms with Gasteiger partial charge in [-0.15, -0.1) is 0 Å². The first-order valence-electron chi connectivity index (χ1n) is 2.97. The highest BCUT2D eigenvalue weighted by Gasteiger charge is 1.92. The smallest absolute Gasteiger partial charge is 0.0622 e. The number of rotatable bonds is 2. The second-order valence-corrected chi connectivity index (χ2v) is 2.39. The van der Waals surface area contributed by atoms with Gasteiger partial charge in [0, 0.05) is 12.7 Å². The number of H-pyrrole nitrogens is 1. The lowest BCUT2D eigenvalue weighted by Gasteiger charge is -2.05. The minimum atomic E-state index is 0.986. The van der Waals surface area contributed by atoms with Crippen molar-refractivity contribution in [2.75, 3.05) is 14.1 Å². The highest BCUT2D eigenvalue weighted by Crippen LogP contribution is 1.97. The zero-order chi connectivity index (χ0) is 6.69. The summed E-state index contributed by atoms with van der Waals surface area (Å²) in [6, 6.07) is 1.96. The zero-order valence-corrected chi connectivity index (χ0v) is 5.81. The Kier molecular flexibility index (Phi) is 1.90. The van der Waals surface area contributed by atoms with Gasteiger partial charge in [0.1, 0.15) is 0 Å². The topological polar surface area (TPSA) is 19.0 Å². The molecule has 1 radical (unpaired) electrons. The van der Waals surface area contributed by atoms with Gasteiger partial charge in [-0.3, -0.25) is 0 Å². The molecule has 1 aromatic rings. The molecule has 2 nitrogen and oxygen atoms in total. The Hall–Kier alpha value is -0.760. The number of nitrogens with one attached hydrogen (secondary N) is 1. The number of aromatic amines is 1. The second kappa shape index (κ2) is 2.69.